The highest BCUT2D eigenvalue weighted by atomic mass is 32.2. The van der Waals surface area contributed by atoms with Crippen molar-refractivity contribution in [3.8, 4) is 0 Å². The Morgan fingerprint density at radius 3 is 2.15 bits per heavy atom. The SMILES string of the molecule is CCC(C)C(NC(=O)C(CCCN=C(N)N)NC(=O)C(N)CCSC)C(=O)NC(C)C(=O)O. The number of carbonyl (C=O) groups is 4. The highest BCUT2D eigenvalue weighted by molar-refractivity contribution is 7.98. The van der Waals surface area contributed by atoms with E-state index in [0.717, 1.165) is 0 Å². The summed E-state index contributed by atoms with van der Waals surface area (Å²) < 4.78 is 0. The van der Waals surface area contributed by atoms with Gasteiger partial charge in [-0.25, -0.2) is 0 Å². The lowest BCUT2D eigenvalue weighted by molar-refractivity contribution is -0.142. The second kappa shape index (κ2) is 16.1. The number of thioether (sulfide) groups is 1. The Bertz CT molecular complexity index is 688. The van der Waals surface area contributed by atoms with Crippen LogP contribution in [0.15, 0.2) is 4.99 Å². The monoisotopic (exact) mass is 489 g/mol. The largest absolute Gasteiger partial charge is 0.480 e. The van der Waals surface area contributed by atoms with Gasteiger partial charge in [-0.05, 0) is 44.1 Å². The topological polar surface area (TPSA) is 215 Å². The van der Waals surface area contributed by atoms with Gasteiger partial charge in [0.1, 0.15) is 18.1 Å². The molecular formula is C20H39N7O5S. The molecular weight excluding hydrogens is 450 g/mol. The average molecular weight is 490 g/mol. The lowest BCUT2D eigenvalue weighted by Crippen LogP contribution is -2.58. The number of carboxylic acid groups (broad SMARTS) is 1. The molecule has 0 saturated heterocycles. The number of aliphatic imine (C=N–C) groups is 1. The number of hydrogen-bond donors (Lipinski definition) is 7. The van der Waals surface area contributed by atoms with E-state index >= 15 is 0 Å². The van der Waals surface area contributed by atoms with Crippen LogP contribution in [0.2, 0.25) is 0 Å². The van der Waals surface area contributed by atoms with Crippen LogP contribution in [-0.2, 0) is 19.2 Å². The number of nitrogens with zero attached hydrogens (tertiary/aromatic N) is 1. The van der Waals surface area contributed by atoms with Gasteiger partial charge < -0.3 is 38.3 Å². The fourth-order valence-corrected chi connectivity index (χ4v) is 3.24. The number of carbonyl (C=O) groups excluding carboxylic acids is 3. The minimum Gasteiger partial charge on any atom is -0.480 e. The summed E-state index contributed by atoms with van der Waals surface area (Å²) in [5, 5.41) is 16.7. The number of nitrogens with one attached hydrogen (secondary N) is 3. The molecule has 0 aliphatic carbocycles. The molecule has 0 saturated carbocycles. The van der Waals surface area contributed by atoms with Crippen LogP contribution < -0.4 is 33.2 Å². The first-order valence-corrected chi connectivity index (χ1v) is 12.3. The predicted molar refractivity (Wildman–Crippen MR) is 129 cm³/mol. The van der Waals surface area contributed by atoms with Crippen LogP contribution in [0.3, 0.4) is 0 Å². The zero-order chi connectivity index (χ0) is 25.6. The number of rotatable bonds is 16. The highest BCUT2D eigenvalue weighted by Gasteiger charge is 2.31. The molecule has 10 N–H and O–H groups in total. The molecule has 0 heterocycles. The third-order valence-electron chi connectivity index (χ3n) is 5.07. The summed E-state index contributed by atoms with van der Waals surface area (Å²) in [4.78, 5) is 53.2. The number of guanidine groups is 1. The van der Waals surface area contributed by atoms with Crippen molar-refractivity contribution in [2.75, 3.05) is 18.6 Å². The highest BCUT2D eigenvalue weighted by Crippen LogP contribution is 2.10. The van der Waals surface area contributed by atoms with Crippen molar-refractivity contribution < 1.29 is 24.3 Å². The van der Waals surface area contributed by atoms with Crippen molar-refractivity contribution in [2.24, 2.45) is 28.1 Å². The van der Waals surface area contributed by atoms with Gasteiger partial charge in [0.25, 0.3) is 0 Å². The minimum absolute atomic E-state index is 0.0832. The van der Waals surface area contributed by atoms with Gasteiger partial charge >= 0.3 is 5.97 Å². The smallest absolute Gasteiger partial charge is 0.325 e. The summed E-state index contributed by atoms with van der Waals surface area (Å²) in [7, 11) is 0. The summed E-state index contributed by atoms with van der Waals surface area (Å²) in [6.07, 6.45) is 3.51. The minimum atomic E-state index is -1.19. The third kappa shape index (κ3) is 12.3. The molecule has 0 aromatic heterocycles. The normalized spacial score (nSPS) is 15.3. The van der Waals surface area contributed by atoms with E-state index in [2.05, 4.69) is 20.9 Å². The first-order chi connectivity index (χ1) is 15.4. The Morgan fingerprint density at radius 2 is 1.64 bits per heavy atom. The molecule has 3 amide bonds. The average Bonchev–Trinajstić information content (AvgIpc) is 2.76. The lowest BCUT2D eigenvalue weighted by Gasteiger charge is -2.27. The van der Waals surface area contributed by atoms with Crippen LogP contribution in [-0.4, -0.2) is 77.5 Å². The van der Waals surface area contributed by atoms with E-state index < -0.39 is 47.9 Å². The summed E-state index contributed by atoms with van der Waals surface area (Å²) in [6, 6.07) is -3.85. The van der Waals surface area contributed by atoms with Gasteiger partial charge in [0.2, 0.25) is 17.7 Å². The first-order valence-electron chi connectivity index (χ1n) is 10.9. The summed E-state index contributed by atoms with van der Waals surface area (Å²) in [5.74, 6) is -2.54. The molecule has 33 heavy (non-hydrogen) atoms. The fraction of sp³-hybridized carbons (Fsp3) is 0.750. The van der Waals surface area contributed by atoms with Crippen LogP contribution in [0.5, 0.6) is 0 Å². The molecule has 0 bridgehead atoms. The van der Waals surface area contributed by atoms with Crippen molar-refractivity contribution >= 4 is 41.4 Å². The van der Waals surface area contributed by atoms with Gasteiger partial charge in [-0.2, -0.15) is 11.8 Å². The predicted octanol–water partition coefficient (Wildman–Crippen LogP) is -1.27. The molecule has 0 aromatic carbocycles. The molecule has 5 unspecified atom stereocenters. The molecule has 5 atom stereocenters. The van der Waals surface area contributed by atoms with Crippen molar-refractivity contribution in [3.05, 3.63) is 0 Å². The second-order valence-electron chi connectivity index (χ2n) is 7.84. The number of hydrogen-bond acceptors (Lipinski definition) is 7. The Hall–Kier alpha value is -2.54. The standard InChI is InChI=1S/C20H39N7O5S/c1-5-11(2)15(18(30)25-12(3)19(31)32)27-17(29)14(7-6-9-24-20(22)23)26-16(28)13(21)8-10-33-4/h11-15H,5-10,21H2,1-4H3,(H,25,30)(H,26,28)(H,27,29)(H,31,32)(H4,22,23,24). The van der Waals surface area contributed by atoms with E-state index in [0.29, 0.717) is 25.0 Å². The van der Waals surface area contributed by atoms with Crippen LogP contribution in [0.25, 0.3) is 0 Å². The third-order valence-corrected chi connectivity index (χ3v) is 5.71. The number of nitrogens with two attached hydrogens (primary N) is 3. The van der Waals surface area contributed by atoms with Gasteiger partial charge in [0.05, 0.1) is 6.04 Å². The zero-order valence-corrected chi connectivity index (χ0v) is 20.6. The van der Waals surface area contributed by atoms with E-state index in [1.807, 2.05) is 13.2 Å². The molecule has 0 aliphatic rings. The van der Waals surface area contributed by atoms with Crippen LogP contribution in [0.1, 0.15) is 46.5 Å². The van der Waals surface area contributed by atoms with Crippen molar-refractivity contribution in [2.45, 2.75) is 70.6 Å². The Morgan fingerprint density at radius 1 is 1.00 bits per heavy atom. The maximum atomic E-state index is 13.0. The van der Waals surface area contributed by atoms with Gasteiger partial charge in [-0.3, -0.25) is 24.2 Å². The molecule has 0 fully saturated rings. The maximum absolute atomic E-state index is 13.0. The fourth-order valence-electron chi connectivity index (χ4n) is 2.75. The Balaban J connectivity index is 5.46. The van der Waals surface area contributed by atoms with Crippen LogP contribution >= 0.6 is 11.8 Å². The molecule has 0 aliphatic heterocycles. The van der Waals surface area contributed by atoms with Gasteiger partial charge in [0, 0.05) is 6.54 Å². The molecule has 13 heteroatoms. The van der Waals surface area contributed by atoms with E-state index in [1.54, 1.807) is 18.7 Å². The molecule has 190 valence electrons. The summed E-state index contributed by atoms with van der Waals surface area (Å²) in [6.45, 7) is 5.20. The summed E-state index contributed by atoms with van der Waals surface area (Å²) >= 11 is 1.55. The summed E-state index contributed by atoms with van der Waals surface area (Å²) in [5.41, 5.74) is 16.6. The van der Waals surface area contributed by atoms with Crippen LogP contribution in [0.4, 0.5) is 0 Å². The van der Waals surface area contributed by atoms with Gasteiger partial charge in [-0.15, -0.1) is 0 Å². The zero-order valence-electron chi connectivity index (χ0n) is 19.8. The van der Waals surface area contributed by atoms with Crippen molar-refractivity contribution in [1.29, 1.82) is 0 Å². The van der Waals surface area contributed by atoms with Crippen molar-refractivity contribution in [1.82, 2.24) is 16.0 Å². The number of aliphatic carboxylic acids is 1. The molecule has 0 spiro atoms. The lowest BCUT2D eigenvalue weighted by atomic mass is 9.97. The van der Waals surface area contributed by atoms with Crippen LogP contribution in [0, 0.1) is 5.92 Å². The number of amides is 3. The van der Waals surface area contributed by atoms with E-state index in [1.165, 1.54) is 6.92 Å². The molecule has 12 nitrogen and oxygen atoms in total. The van der Waals surface area contributed by atoms with E-state index in [9.17, 15) is 19.2 Å². The van der Waals surface area contributed by atoms with Gasteiger partial charge in [0.15, 0.2) is 5.96 Å². The maximum Gasteiger partial charge on any atom is 0.325 e. The second-order valence-corrected chi connectivity index (χ2v) is 8.82. The van der Waals surface area contributed by atoms with Gasteiger partial charge in [-0.1, -0.05) is 20.3 Å². The number of carboxylic acids is 1. The quantitative estimate of drug-likeness (QED) is 0.0779. The Kier molecular flexibility index (Phi) is 14.9. The molecule has 0 rings (SSSR count). The van der Waals surface area contributed by atoms with Crippen molar-refractivity contribution in [3.63, 3.8) is 0 Å². The first kappa shape index (κ1) is 30.5. The Labute approximate surface area is 199 Å². The molecule has 0 radical (unpaired) electrons. The van der Waals surface area contributed by atoms with E-state index in [-0.39, 0.29) is 24.8 Å². The van der Waals surface area contributed by atoms with E-state index in [4.69, 9.17) is 22.3 Å². The molecule has 0 aromatic rings.